The number of aromatic nitrogens is 2. The molecule has 1 saturated heterocycles. The molecule has 2 aliphatic rings. The molecule has 2 fully saturated rings. The van der Waals surface area contributed by atoms with Gasteiger partial charge in [0.05, 0.1) is 0 Å². The lowest BCUT2D eigenvalue weighted by Gasteiger charge is -2.49. The van der Waals surface area contributed by atoms with Gasteiger partial charge in [-0.2, -0.15) is 0 Å². The van der Waals surface area contributed by atoms with Gasteiger partial charge in [0.2, 0.25) is 0 Å². The zero-order valence-electron chi connectivity index (χ0n) is 13.8. The summed E-state index contributed by atoms with van der Waals surface area (Å²) in [5.74, 6) is 1.84. The van der Waals surface area contributed by atoms with Gasteiger partial charge in [0, 0.05) is 50.2 Å². The summed E-state index contributed by atoms with van der Waals surface area (Å²) in [4.78, 5) is 7.14. The monoisotopic (exact) mass is 290 g/mol. The third-order valence-corrected chi connectivity index (χ3v) is 5.65. The Balaban J connectivity index is 1.69. The molecule has 1 atom stereocenters. The molecule has 4 nitrogen and oxygen atoms in total. The van der Waals surface area contributed by atoms with Crippen LogP contribution in [0, 0.1) is 12.8 Å². The van der Waals surface area contributed by atoms with Crippen molar-refractivity contribution in [2.75, 3.05) is 19.6 Å². The number of rotatable bonds is 4. The van der Waals surface area contributed by atoms with Crippen LogP contribution in [0.15, 0.2) is 12.4 Å². The van der Waals surface area contributed by atoms with Gasteiger partial charge in [0.15, 0.2) is 0 Å². The third-order valence-electron chi connectivity index (χ3n) is 5.65. The third kappa shape index (κ3) is 3.02. The Kier molecular flexibility index (Phi) is 4.36. The van der Waals surface area contributed by atoms with Crippen LogP contribution in [0.5, 0.6) is 0 Å². The van der Waals surface area contributed by atoms with Gasteiger partial charge in [-0.3, -0.25) is 4.90 Å². The fourth-order valence-electron chi connectivity index (χ4n) is 4.10. The molecule has 0 aromatic carbocycles. The molecule has 21 heavy (non-hydrogen) atoms. The van der Waals surface area contributed by atoms with E-state index in [4.69, 9.17) is 0 Å². The van der Waals surface area contributed by atoms with Crippen molar-refractivity contribution in [3.8, 4) is 0 Å². The van der Waals surface area contributed by atoms with Gasteiger partial charge in [-0.15, -0.1) is 0 Å². The van der Waals surface area contributed by atoms with Gasteiger partial charge in [0.25, 0.3) is 0 Å². The molecular formula is C17H30N4. The van der Waals surface area contributed by atoms with E-state index in [0.29, 0.717) is 17.5 Å². The van der Waals surface area contributed by atoms with Crippen LogP contribution in [-0.4, -0.2) is 45.7 Å². The maximum absolute atomic E-state index is 4.34. The Bertz CT molecular complexity index is 459. The lowest BCUT2D eigenvalue weighted by molar-refractivity contribution is 0.0301. The lowest BCUT2D eigenvalue weighted by atomic mass is 9.88. The quantitative estimate of drug-likeness (QED) is 0.924. The molecule has 1 spiro atoms. The molecule has 4 heteroatoms. The molecule has 1 unspecified atom stereocenters. The highest BCUT2D eigenvalue weighted by Crippen LogP contribution is 2.37. The van der Waals surface area contributed by atoms with Crippen LogP contribution in [0.2, 0.25) is 0 Å². The topological polar surface area (TPSA) is 33.1 Å². The highest BCUT2D eigenvalue weighted by atomic mass is 15.3. The van der Waals surface area contributed by atoms with E-state index in [1.54, 1.807) is 0 Å². The molecule has 1 aliphatic heterocycles. The molecule has 1 N–H and O–H groups in total. The van der Waals surface area contributed by atoms with E-state index in [2.05, 4.69) is 46.7 Å². The van der Waals surface area contributed by atoms with Crippen molar-refractivity contribution >= 4 is 0 Å². The molecule has 2 heterocycles. The molecule has 3 rings (SSSR count). The average Bonchev–Trinajstić information content (AvgIpc) is 3.08. The van der Waals surface area contributed by atoms with Crippen molar-refractivity contribution in [2.24, 2.45) is 5.92 Å². The largest absolute Gasteiger partial charge is 0.334 e. The highest BCUT2D eigenvalue weighted by Gasteiger charge is 2.43. The highest BCUT2D eigenvalue weighted by molar-refractivity contribution is 5.02. The normalized spacial score (nSPS) is 26.0. The van der Waals surface area contributed by atoms with E-state index in [1.165, 1.54) is 38.8 Å². The Labute approximate surface area is 128 Å². The van der Waals surface area contributed by atoms with E-state index >= 15 is 0 Å². The molecule has 0 bridgehead atoms. The number of nitrogens with zero attached hydrogens (tertiary/aromatic N) is 3. The minimum Gasteiger partial charge on any atom is -0.334 e. The summed E-state index contributed by atoms with van der Waals surface area (Å²) in [6, 6.07) is 0.639. The Morgan fingerprint density at radius 2 is 2.10 bits per heavy atom. The summed E-state index contributed by atoms with van der Waals surface area (Å²) >= 11 is 0. The number of hydrogen-bond donors (Lipinski definition) is 1. The van der Waals surface area contributed by atoms with Gasteiger partial charge in [0.1, 0.15) is 5.82 Å². The van der Waals surface area contributed by atoms with Crippen LogP contribution < -0.4 is 5.32 Å². The van der Waals surface area contributed by atoms with E-state index in [1.807, 2.05) is 6.20 Å². The van der Waals surface area contributed by atoms with Gasteiger partial charge in [-0.1, -0.05) is 26.7 Å². The standard InChI is InChI=1S/C17H30N4/c1-14(2)16-12-21(11-10-20-9-8-18-15(20)3)17(13-19-16)6-4-5-7-17/h8-9,14,16,19H,4-7,10-13H2,1-3H3. The SMILES string of the molecule is Cc1nccn1CCN1CC(C(C)C)NCC12CCCC2. The van der Waals surface area contributed by atoms with Crippen LogP contribution in [0.25, 0.3) is 0 Å². The Morgan fingerprint density at radius 3 is 2.71 bits per heavy atom. The second-order valence-corrected chi connectivity index (χ2v) is 7.28. The number of imidazole rings is 1. The first-order chi connectivity index (χ1) is 10.1. The van der Waals surface area contributed by atoms with E-state index in [9.17, 15) is 0 Å². The summed E-state index contributed by atoms with van der Waals surface area (Å²) in [6.07, 6.45) is 9.55. The Morgan fingerprint density at radius 1 is 1.33 bits per heavy atom. The van der Waals surface area contributed by atoms with Crippen molar-refractivity contribution in [1.29, 1.82) is 0 Å². The number of nitrogens with one attached hydrogen (secondary N) is 1. The summed E-state index contributed by atoms with van der Waals surface area (Å²) < 4.78 is 2.29. The van der Waals surface area contributed by atoms with Crippen molar-refractivity contribution in [3.63, 3.8) is 0 Å². The summed E-state index contributed by atoms with van der Waals surface area (Å²) in [5.41, 5.74) is 0.430. The first-order valence-electron chi connectivity index (χ1n) is 8.57. The number of piperazine rings is 1. The number of hydrogen-bond acceptors (Lipinski definition) is 3. The molecule has 118 valence electrons. The fraction of sp³-hybridized carbons (Fsp3) is 0.824. The maximum Gasteiger partial charge on any atom is 0.105 e. The van der Waals surface area contributed by atoms with Crippen LogP contribution in [-0.2, 0) is 6.54 Å². The van der Waals surface area contributed by atoms with E-state index < -0.39 is 0 Å². The summed E-state index contributed by atoms with van der Waals surface area (Å²) in [5, 5.41) is 3.83. The first kappa shape index (κ1) is 15.0. The van der Waals surface area contributed by atoms with Gasteiger partial charge >= 0.3 is 0 Å². The summed E-state index contributed by atoms with van der Waals surface area (Å²) in [7, 11) is 0. The smallest absolute Gasteiger partial charge is 0.105 e. The zero-order valence-corrected chi connectivity index (χ0v) is 13.8. The molecule has 1 saturated carbocycles. The van der Waals surface area contributed by atoms with E-state index in [-0.39, 0.29) is 0 Å². The fourth-order valence-corrected chi connectivity index (χ4v) is 4.10. The molecular weight excluding hydrogens is 260 g/mol. The van der Waals surface area contributed by atoms with Crippen LogP contribution >= 0.6 is 0 Å². The van der Waals surface area contributed by atoms with Crippen LogP contribution in [0.3, 0.4) is 0 Å². The molecule has 0 radical (unpaired) electrons. The first-order valence-corrected chi connectivity index (χ1v) is 8.57. The average molecular weight is 290 g/mol. The lowest BCUT2D eigenvalue weighted by Crippen LogP contribution is -2.65. The van der Waals surface area contributed by atoms with Gasteiger partial charge < -0.3 is 9.88 Å². The van der Waals surface area contributed by atoms with Crippen molar-refractivity contribution in [2.45, 2.75) is 64.6 Å². The predicted molar refractivity (Wildman–Crippen MR) is 86.4 cm³/mol. The molecule has 1 aromatic rings. The van der Waals surface area contributed by atoms with Gasteiger partial charge in [-0.05, 0) is 25.7 Å². The van der Waals surface area contributed by atoms with Crippen molar-refractivity contribution in [1.82, 2.24) is 19.8 Å². The molecule has 1 aliphatic carbocycles. The molecule has 1 aromatic heterocycles. The van der Waals surface area contributed by atoms with Crippen LogP contribution in [0.1, 0.15) is 45.4 Å². The van der Waals surface area contributed by atoms with Crippen molar-refractivity contribution in [3.05, 3.63) is 18.2 Å². The summed E-state index contributed by atoms with van der Waals surface area (Å²) in [6.45, 7) is 11.4. The molecule has 0 amide bonds. The van der Waals surface area contributed by atoms with Gasteiger partial charge in [-0.25, -0.2) is 4.98 Å². The zero-order chi connectivity index (χ0) is 14.9. The predicted octanol–water partition coefficient (Wildman–Crippen LogP) is 2.43. The van der Waals surface area contributed by atoms with E-state index in [0.717, 1.165) is 18.9 Å². The second kappa shape index (κ2) is 6.09. The number of aryl methyl sites for hydroxylation is 1. The maximum atomic E-state index is 4.34. The van der Waals surface area contributed by atoms with Crippen molar-refractivity contribution < 1.29 is 0 Å². The minimum atomic E-state index is 0.430. The second-order valence-electron chi connectivity index (χ2n) is 7.28. The Hall–Kier alpha value is -0.870. The van der Waals surface area contributed by atoms with Crippen LogP contribution in [0.4, 0.5) is 0 Å². The minimum absolute atomic E-state index is 0.430.